The Kier molecular flexibility index (Phi) is 3.57. The van der Waals surface area contributed by atoms with Gasteiger partial charge in [0.2, 0.25) is 5.91 Å². The van der Waals surface area contributed by atoms with Gasteiger partial charge in [-0.1, -0.05) is 0 Å². The predicted octanol–water partition coefficient (Wildman–Crippen LogP) is 3.07. The minimum Gasteiger partial charge on any atom is -0.354 e. The maximum atomic E-state index is 14.2. The normalized spacial score (nSPS) is 20.6. The molecule has 7 heteroatoms. The van der Waals surface area contributed by atoms with Gasteiger partial charge in [0.25, 0.3) is 0 Å². The Morgan fingerprint density at radius 1 is 1.48 bits per heavy atom. The number of hydrogen-bond donors (Lipinski definition) is 1. The lowest BCUT2D eigenvalue weighted by Crippen LogP contribution is -2.38. The van der Waals surface area contributed by atoms with Crippen LogP contribution in [0.4, 0.5) is 8.78 Å². The minimum absolute atomic E-state index is 0.000417. The number of nitrogens with one attached hydrogen (secondary N) is 1. The van der Waals surface area contributed by atoms with Gasteiger partial charge < -0.3 is 9.88 Å². The highest BCUT2D eigenvalue weighted by atomic mass is 35.5. The molecule has 112 valence electrons. The Labute approximate surface area is 125 Å². The fraction of sp³-hybridized carbons (Fsp3) is 0.429. The van der Waals surface area contributed by atoms with E-state index in [1.807, 2.05) is 0 Å². The lowest BCUT2D eigenvalue weighted by atomic mass is 10.1. The van der Waals surface area contributed by atoms with Gasteiger partial charge in [-0.05, 0) is 31.9 Å². The summed E-state index contributed by atoms with van der Waals surface area (Å²) in [5, 5.41) is 2.22. The molecule has 1 aliphatic rings. The molecule has 0 aliphatic carbocycles. The second-order valence-corrected chi connectivity index (χ2v) is 5.79. The first-order valence-corrected chi connectivity index (χ1v) is 7.22. The fourth-order valence-electron chi connectivity index (χ4n) is 2.74. The van der Waals surface area contributed by atoms with Crippen molar-refractivity contribution >= 4 is 28.5 Å². The Morgan fingerprint density at radius 3 is 2.90 bits per heavy atom. The van der Waals surface area contributed by atoms with Crippen molar-refractivity contribution in [2.24, 2.45) is 0 Å². The van der Waals surface area contributed by atoms with Gasteiger partial charge in [0, 0.05) is 6.54 Å². The number of nitrogens with zero attached hydrogens (tertiary/aromatic N) is 2. The number of carbonyl (C=O) groups excluding carboxylic acids is 1. The van der Waals surface area contributed by atoms with E-state index in [2.05, 4.69) is 10.3 Å². The van der Waals surface area contributed by atoms with Crippen LogP contribution in [-0.2, 0) is 4.79 Å². The molecule has 1 aromatic heterocycles. The molecule has 1 N–H and O–H groups in total. The second kappa shape index (κ2) is 5.26. The third-order valence-electron chi connectivity index (χ3n) is 3.69. The molecule has 2 unspecified atom stereocenters. The summed E-state index contributed by atoms with van der Waals surface area (Å²) >= 11 is 6.11. The number of imidazole rings is 1. The van der Waals surface area contributed by atoms with Crippen molar-refractivity contribution < 1.29 is 13.6 Å². The molecule has 0 radical (unpaired) electrons. The van der Waals surface area contributed by atoms with Crippen LogP contribution in [0.2, 0.25) is 0 Å². The zero-order chi connectivity index (χ0) is 15.1. The summed E-state index contributed by atoms with van der Waals surface area (Å²) in [4.78, 5) is 16.4. The topological polar surface area (TPSA) is 46.9 Å². The maximum Gasteiger partial charge on any atom is 0.243 e. The number of halogens is 3. The lowest BCUT2D eigenvalue weighted by molar-refractivity contribution is -0.125. The Balaban J connectivity index is 2.29. The third-order valence-corrected chi connectivity index (χ3v) is 3.89. The molecule has 2 heterocycles. The summed E-state index contributed by atoms with van der Waals surface area (Å²) in [7, 11) is 0. The van der Waals surface area contributed by atoms with Crippen LogP contribution in [0.1, 0.15) is 37.0 Å². The number of aromatic nitrogens is 2. The molecule has 1 aliphatic heterocycles. The number of rotatable bonds is 2. The molecule has 21 heavy (non-hydrogen) atoms. The van der Waals surface area contributed by atoms with Crippen LogP contribution >= 0.6 is 11.6 Å². The highest BCUT2D eigenvalue weighted by molar-refractivity contribution is 6.20. The second-order valence-electron chi connectivity index (χ2n) is 5.13. The molecule has 1 saturated heterocycles. The van der Waals surface area contributed by atoms with Gasteiger partial charge in [-0.2, -0.15) is 0 Å². The van der Waals surface area contributed by atoms with Crippen LogP contribution in [0, 0.1) is 11.6 Å². The van der Waals surface area contributed by atoms with E-state index in [0.717, 1.165) is 12.5 Å². The van der Waals surface area contributed by atoms with E-state index in [1.54, 1.807) is 6.92 Å². The minimum atomic E-state index is -0.998. The first-order valence-electron chi connectivity index (χ1n) is 6.78. The monoisotopic (exact) mass is 313 g/mol. The van der Waals surface area contributed by atoms with Gasteiger partial charge in [-0.25, -0.2) is 13.8 Å². The van der Waals surface area contributed by atoms with Gasteiger partial charge in [-0.3, -0.25) is 4.79 Å². The zero-order valence-corrected chi connectivity index (χ0v) is 12.1. The average molecular weight is 314 g/mol. The molecule has 0 saturated carbocycles. The average Bonchev–Trinajstić information content (AvgIpc) is 2.84. The largest absolute Gasteiger partial charge is 0.354 e. The number of amides is 1. The van der Waals surface area contributed by atoms with Gasteiger partial charge in [0.1, 0.15) is 17.4 Å². The van der Waals surface area contributed by atoms with Crippen molar-refractivity contribution in [2.45, 2.75) is 31.2 Å². The van der Waals surface area contributed by atoms with E-state index >= 15 is 0 Å². The summed E-state index contributed by atoms with van der Waals surface area (Å²) in [6.07, 6.45) is 1.31. The van der Waals surface area contributed by atoms with Gasteiger partial charge >= 0.3 is 0 Å². The van der Waals surface area contributed by atoms with Gasteiger partial charge in [0.15, 0.2) is 11.6 Å². The number of benzene rings is 1. The highest BCUT2D eigenvalue weighted by Crippen LogP contribution is 2.33. The number of hydrogen-bond acceptors (Lipinski definition) is 2. The van der Waals surface area contributed by atoms with Crippen LogP contribution in [0.25, 0.3) is 11.0 Å². The van der Waals surface area contributed by atoms with E-state index in [-0.39, 0.29) is 11.4 Å². The Bertz CT molecular complexity index is 714. The SMILES string of the molecule is CC(Cl)c1nc2ccc(F)c(F)c2n1C1CCCNC1=O. The summed E-state index contributed by atoms with van der Waals surface area (Å²) in [5.74, 6) is -1.81. The molecule has 0 bridgehead atoms. The number of carbonyl (C=O) groups is 1. The van der Waals surface area contributed by atoms with Crippen molar-refractivity contribution in [3.63, 3.8) is 0 Å². The van der Waals surface area contributed by atoms with Crippen molar-refractivity contribution in [2.75, 3.05) is 6.54 Å². The van der Waals surface area contributed by atoms with E-state index in [1.165, 1.54) is 10.6 Å². The standard InChI is InChI=1S/C14H14ClF2N3O/c1-7(15)13-19-9-5-4-8(16)11(17)12(9)20(13)10-3-2-6-18-14(10)21/h4-5,7,10H,2-3,6H2,1H3,(H,18,21). The van der Waals surface area contributed by atoms with Crippen molar-refractivity contribution in [1.29, 1.82) is 0 Å². The molecule has 3 rings (SSSR count). The molecule has 1 amide bonds. The highest BCUT2D eigenvalue weighted by Gasteiger charge is 2.30. The summed E-state index contributed by atoms with van der Waals surface area (Å²) < 4.78 is 29.2. The van der Waals surface area contributed by atoms with Crippen molar-refractivity contribution in [3.8, 4) is 0 Å². The molecule has 2 aromatic rings. The molecular weight excluding hydrogens is 300 g/mol. The van der Waals surface area contributed by atoms with E-state index in [9.17, 15) is 13.6 Å². The summed E-state index contributed by atoms with van der Waals surface area (Å²) in [6.45, 7) is 2.28. The first kappa shape index (κ1) is 14.3. The molecule has 2 atom stereocenters. The van der Waals surface area contributed by atoms with Crippen LogP contribution in [0.15, 0.2) is 12.1 Å². The molecular formula is C14H14ClF2N3O. The van der Waals surface area contributed by atoms with Crippen molar-refractivity contribution in [1.82, 2.24) is 14.9 Å². The van der Waals surface area contributed by atoms with E-state index < -0.39 is 23.1 Å². The molecule has 4 nitrogen and oxygen atoms in total. The summed E-state index contributed by atoms with van der Waals surface area (Å²) in [6, 6.07) is 1.81. The number of piperidine rings is 1. The van der Waals surface area contributed by atoms with Crippen molar-refractivity contribution in [3.05, 3.63) is 29.6 Å². The number of alkyl halides is 1. The first-order chi connectivity index (χ1) is 10.0. The Morgan fingerprint density at radius 2 is 2.24 bits per heavy atom. The smallest absolute Gasteiger partial charge is 0.243 e. The summed E-state index contributed by atoms with van der Waals surface area (Å²) in [5.41, 5.74) is 0.300. The van der Waals surface area contributed by atoms with Crippen LogP contribution in [0.5, 0.6) is 0 Å². The van der Waals surface area contributed by atoms with Crippen LogP contribution < -0.4 is 5.32 Å². The fourth-order valence-corrected chi connectivity index (χ4v) is 2.89. The van der Waals surface area contributed by atoms with Gasteiger partial charge in [0.05, 0.1) is 10.9 Å². The Hall–Kier alpha value is -1.69. The van der Waals surface area contributed by atoms with Crippen LogP contribution in [0.3, 0.4) is 0 Å². The predicted molar refractivity (Wildman–Crippen MR) is 75.2 cm³/mol. The molecule has 0 spiro atoms. The van der Waals surface area contributed by atoms with E-state index in [0.29, 0.717) is 24.3 Å². The lowest BCUT2D eigenvalue weighted by Gasteiger charge is -2.25. The number of fused-ring (bicyclic) bond motifs is 1. The third kappa shape index (κ3) is 2.27. The zero-order valence-electron chi connectivity index (χ0n) is 11.4. The maximum absolute atomic E-state index is 14.2. The van der Waals surface area contributed by atoms with E-state index in [4.69, 9.17) is 11.6 Å². The van der Waals surface area contributed by atoms with Crippen LogP contribution in [-0.4, -0.2) is 22.0 Å². The molecule has 1 aromatic carbocycles. The quantitative estimate of drug-likeness (QED) is 0.866. The van der Waals surface area contributed by atoms with Gasteiger partial charge in [-0.15, -0.1) is 11.6 Å². The molecule has 1 fully saturated rings.